The quantitative estimate of drug-likeness (QED) is 0.783. The predicted octanol–water partition coefficient (Wildman–Crippen LogP) is 2.39. The molecule has 1 amide bonds. The fraction of sp³-hybridized carbons (Fsp3) is 0.231. The Morgan fingerprint density at radius 1 is 1.39 bits per heavy atom. The number of pyridine rings is 1. The molecule has 0 aliphatic heterocycles. The summed E-state index contributed by atoms with van der Waals surface area (Å²) >= 11 is 0. The first-order valence-corrected chi connectivity index (χ1v) is 5.49. The second-order valence-electron chi connectivity index (χ2n) is 4.02. The number of aromatic nitrogens is 1. The molecule has 94 valence electrons. The Hall–Kier alpha value is -2.17. The van der Waals surface area contributed by atoms with Gasteiger partial charge in [-0.25, -0.2) is 4.98 Å². The van der Waals surface area contributed by atoms with Crippen LogP contribution in [0.4, 0.5) is 4.39 Å². The van der Waals surface area contributed by atoms with Gasteiger partial charge in [0, 0.05) is 7.05 Å². The van der Waals surface area contributed by atoms with Gasteiger partial charge < -0.3 is 9.32 Å². The lowest BCUT2D eigenvalue weighted by atomic mass is 10.3. The maximum atomic E-state index is 12.9. The molecule has 0 atom stereocenters. The summed E-state index contributed by atoms with van der Waals surface area (Å²) in [6.45, 7) is 2.16. The Balaban J connectivity index is 2.09. The van der Waals surface area contributed by atoms with Crippen LogP contribution in [-0.2, 0) is 6.54 Å². The van der Waals surface area contributed by atoms with E-state index in [2.05, 4.69) is 4.98 Å². The van der Waals surface area contributed by atoms with Crippen molar-refractivity contribution in [2.75, 3.05) is 7.05 Å². The molecule has 0 spiro atoms. The fourth-order valence-electron chi connectivity index (χ4n) is 1.60. The minimum atomic E-state index is -0.664. The molecule has 2 aromatic rings. The number of aryl methyl sites for hydroxylation is 1. The standard InChI is InChI=1S/C13H13FN2O2/c1-9-6-7-10(18-9)8-16(2)13(17)11-4-3-5-12(14)15-11/h3-7H,8H2,1-2H3. The summed E-state index contributed by atoms with van der Waals surface area (Å²) in [5, 5.41) is 0. The van der Waals surface area contributed by atoms with Crippen LogP contribution in [0, 0.1) is 12.9 Å². The first-order chi connectivity index (χ1) is 8.56. The fourth-order valence-corrected chi connectivity index (χ4v) is 1.60. The highest BCUT2D eigenvalue weighted by Crippen LogP contribution is 2.10. The minimum Gasteiger partial charge on any atom is -0.464 e. The molecule has 0 radical (unpaired) electrons. The summed E-state index contributed by atoms with van der Waals surface area (Å²) in [5.74, 6) is 0.459. The number of carbonyl (C=O) groups excluding carboxylic acids is 1. The lowest BCUT2D eigenvalue weighted by Gasteiger charge is -2.14. The summed E-state index contributed by atoms with van der Waals surface area (Å²) in [6.07, 6.45) is 0. The average Bonchev–Trinajstić information content (AvgIpc) is 2.73. The van der Waals surface area contributed by atoms with Gasteiger partial charge in [0.25, 0.3) is 5.91 Å². The number of nitrogens with zero attached hydrogens (tertiary/aromatic N) is 2. The van der Waals surface area contributed by atoms with E-state index in [1.165, 1.54) is 23.1 Å². The van der Waals surface area contributed by atoms with Crippen LogP contribution >= 0.6 is 0 Å². The maximum Gasteiger partial charge on any atom is 0.272 e. The van der Waals surface area contributed by atoms with Gasteiger partial charge in [0.1, 0.15) is 17.2 Å². The third kappa shape index (κ3) is 2.74. The molecule has 5 heteroatoms. The molecule has 0 unspecified atom stereocenters. The maximum absolute atomic E-state index is 12.9. The summed E-state index contributed by atoms with van der Waals surface area (Å²) in [5.41, 5.74) is 0.0841. The van der Waals surface area contributed by atoms with E-state index in [9.17, 15) is 9.18 Å². The highest BCUT2D eigenvalue weighted by molar-refractivity contribution is 5.91. The minimum absolute atomic E-state index is 0.0841. The number of hydrogen-bond donors (Lipinski definition) is 0. The smallest absolute Gasteiger partial charge is 0.272 e. The number of amides is 1. The van der Waals surface area contributed by atoms with Gasteiger partial charge in [-0.3, -0.25) is 4.79 Å². The SMILES string of the molecule is Cc1ccc(CN(C)C(=O)c2cccc(F)n2)o1. The summed E-state index contributed by atoms with van der Waals surface area (Å²) < 4.78 is 18.3. The van der Waals surface area contributed by atoms with E-state index in [4.69, 9.17) is 4.42 Å². The van der Waals surface area contributed by atoms with Crippen LogP contribution in [0.15, 0.2) is 34.7 Å². The molecule has 0 saturated heterocycles. The molecule has 0 aliphatic rings. The number of halogens is 1. The van der Waals surface area contributed by atoms with Gasteiger partial charge in [-0.15, -0.1) is 0 Å². The molecule has 0 saturated carbocycles. The first-order valence-electron chi connectivity index (χ1n) is 5.49. The summed E-state index contributed by atoms with van der Waals surface area (Å²) in [7, 11) is 1.62. The van der Waals surface area contributed by atoms with Crippen molar-refractivity contribution in [3.63, 3.8) is 0 Å². The van der Waals surface area contributed by atoms with Crippen LogP contribution in [-0.4, -0.2) is 22.8 Å². The second kappa shape index (κ2) is 5.00. The third-order valence-corrected chi connectivity index (χ3v) is 2.47. The highest BCUT2D eigenvalue weighted by atomic mass is 19.1. The Morgan fingerprint density at radius 2 is 2.17 bits per heavy atom. The van der Waals surface area contributed by atoms with Crippen molar-refractivity contribution in [2.24, 2.45) is 0 Å². The zero-order valence-corrected chi connectivity index (χ0v) is 10.2. The predicted molar refractivity (Wildman–Crippen MR) is 63.4 cm³/mol. The van der Waals surface area contributed by atoms with E-state index in [1.54, 1.807) is 13.1 Å². The van der Waals surface area contributed by atoms with Crippen LogP contribution < -0.4 is 0 Å². The molecule has 18 heavy (non-hydrogen) atoms. The third-order valence-electron chi connectivity index (χ3n) is 2.47. The molecule has 4 nitrogen and oxygen atoms in total. The van der Waals surface area contributed by atoms with Crippen LogP contribution in [0.5, 0.6) is 0 Å². The molecule has 2 rings (SSSR count). The number of carbonyl (C=O) groups is 1. The highest BCUT2D eigenvalue weighted by Gasteiger charge is 2.15. The number of furan rings is 1. The molecule has 0 aliphatic carbocycles. The number of rotatable bonds is 3. The van der Waals surface area contributed by atoms with Crippen molar-refractivity contribution in [3.8, 4) is 0 Å². The van der Waals surface area contributed by atoms with Crippen molar-refractivity contribution in [3.05, 3.63) is 53.5 Å². The lowest BCUT2D eigenvalue weighted by molar-refractivity contribution is 0.0768. The van der Waals surface area contributed by atoms with Gasteiger partial charge in [0.15, 0.2) is 0 Å². The Bertz CT molecular complexity index is 566. The lowest BCUT2D eigenvalue weighted by Crippen LogP contribution is -2.27. The molecule has 2 heterocycles. The van der Waals surface area contributed by atoms with E-state index in [1.807, 2.05) is 13.0 Å². The van der Waals surface area contributed by atoms with Crippen LogP contribution in [0.3, 0.4) is 0 Å². The van der Waals surface area contributed by atoms with Crippen molar-refractivity contribution in [2.45, 2.75) is 13.5 Å². The largest absolute Gasteiger partial charge is 0.464 e. The van der Waals surface area contributed by atoms with Crippen molar-refractivity contribution in [1.29, 1.82) is 0 Å². The van der Waals surface area contributed by atoms with Crippen molar-refractivity contribution in [1.82, 2.24) is 9.88 Å². The summed E-state index contributed by atoms with van der Waals surface area (Å²) in [4.78, 5) is 16.9. The Labute approximate surface area is 104 Å². The van der Waals surface area contributed by atoms with E-state index in [-0.39, 0.29) is 11.6 Å². The molecule has 0 aromatic carbocycles. The van der Waals surface area contributed by atoms with E-state index in [0.717, 1.165) is 5.76 Å². The molecule has 0 N–H and O–H groups in total. The van der Waals surface area contributed by atoms with Gasteiger partial charge in [0.05, 0.1) is 6.54 Å². The first kappa shape index (κ1) is 12.3. The molecule has 0 fully saturated rings. The van der Waals surface area contributed by atoms with Gasteiger partial charge >= 0.3 is 0 Å². The Morgan fingerprint density at radius 3 is 2.78 bits per heavy atom. The van der Waals surface area contributed by atoms with E-state index < -0.39 is 5.95 Å². The van der Waals surface area contributed by atoms with Gasteiger partial charge in [0.2, 0.25) is 5.95 Å². The van der Waals surface area contributed by atoms with Gasteiger partial charge in [-0.2, -0.15) is 4.39 Å². The summed E-state index contributed by atoms with van der Waals surface area (Å²) in [6, 6.07) is 7.77. The van der Waals surface area contributed by atoms with E-state index in [0.29, 0.717) is 12.3 Å². The zero-order chi connectivity index (χ0) is 13.1. The molecule has 0 bridgehead atoms. The monoisotopic (exact) mass is 248 g/mol. The van der Waals surface area contributed by atoms with Gasteiger partial charge in [-0.1, -0.05) is 6.07 Å². The molecule has 2 aromatic heterocycles. The van der Waals surface area contributed by atoms with E-state index >= 15 is 0 Å². The van der Waals surface area contributed by atoms with Crippen LogP contribution in [0.25, 0.3) is 0 Å². The normalized spacial score (nSPS) is 10.4. The van der Waals surface area contributed by atoms with Gasteiger partial charge in [-0.05, 0) is 31.2 Å². The average molecular weight is 248 g/mol. The second-order valence-corrected chi connectivity index (χ2v) is 4.02. The zero-order valence-electron chi connectivity index (χ0n) is 10.2. The van der Waals surface area contributed by atoms with Crippen molar-refractivity contribution < 1.29 is 13.6 Å². The van der Waals surface area contributed by atoms with Crippen molar-refractivity contribution >= 4 is 5.91 Å². The molecular formula is C13H13FN2O2. The number of hydrogen-bond acceptors (Lipinski definition) is 3. The van der Waals surface area contributed by atoms with Crippen LogP contribution in [0.2, 0.25) is 0 Å². The Kier molecular flexibility index (Phi) is 3.41. The molecular weight excluding hydrogens is 235 g/mol. The van der Waals surface area contributed by atoms with Crippen LogP contribution in [0.1, 0.15) is 22.0 Å². The topological polar surface area (TPSA) is 46.3 Å².